The summed E-state index contributed by atoms with van der Waals surface area (Å²) < 4.78 is 1.84. The fourth-order valence-electron chi connectivity index (χ4n) is 3.55. The van der Waals surface area contributed by atoms with Gasteiger partial charge in [0, 0.05) is 12.5 Å². The lowest BCUT2D eigenvalue weighted by Crippen LogP contribution is -2.26. The predicted molar refractivity (Wildman–Crippen MR) is 92.2 cm³/mol. The number of rotatable bonds is 6. The van der Waals surface area contributed by atoms with Crippen LogP contribution in [0.3, 0.4) is 0 Å². The van der Waals surface area contributed by atoms with Crippen LogP contribution in [-0.2, 0) is 0 Å². The van der Waals surface area contributed by atoms with E-state index in [-0.39, 0.29) is 5.91 Å². The summed E-state index contributed by atoms with van der Waals surface area (Å²) in [5.74, 6) is 2.29. The summed E-state index contributed by atoms with van der Waals surface area (Å²) in [5, 5.41) is 7.49. The molecule has 0 spiro atoms. The molecule has 1 aromatic heterocycles. The maximum absolute atomic E-state index is 12.4. The number of hydrogen-bond acceptors (Lipinski definition) is 3. The van der Waals surface area contributed by atoms with Crippen LogP contribution >= 0.6 is 0 Å². The first-order chi connectivity index (χ1) is 11.8. The van der Waals surface area contributed by atoms with E-state index in [1.165, 1.54) is 25.7 Å². The third-order valence-corrected chi connectivity index (χ3v) is 5.09. The first kappa shape index (κ1) is 15.4. The van der Waals surface area contributed by atoms with Gasteiger partial charge < -0.3 is 5.32 Å². The Balaban J connectivity index is 1.45. The molecule has 0 aliphatic heterocycles. The lowest BCUT2D eigenvalue weighted by Gasteiger charge is -2.08. The van der Waals surface area contributed by atoms with Crippen LogP contribution in [0.1, 0.15) is 67.3 Å². The molecule has 5 heteroatoms. The van der Waals surface area contributed by atoms with E-state index >= 15 is 0 Å². The standard InChI is InChI=1S/C19H24N4O/c24-19(20-13-12-14-6-4-5-7-14)17-21-18(15-10-11-15)23(22-17)16-8-2-1-3-9-16/h1-3,8-9,14-15H,4-7,10-13H2,(H,20,24). The predicted octanol–water partition coefficient (Wildman–Crippen LogP) is 3.45. The second-order valence-electron chi connectivity index (χ2n) is 7.01. The summed E-state index contributed by atoms with van der Waals surface area (Å²) in [6, 6.07) is 9.95. The Morgan fingerprint density at radius 2 is 1.88 bits per heavy atom. The number of amides is 1. The number of carbonyl (C=O) groups is 1. The van der Waals surface area contributed by atoms with Crippen LogP contribution in [0.4, 0.5) is 0 Å². The van der Waals surface area contributed by atoms with E-state index in [1.54, 1.807) is 0 Å². The summed E-state index contributed by atoms with van der Waals surface area (Å²) in [6.45, 7) is 0.724. The van der Waals surface area contributed by atoms with Gasteiger partial charge in [0.15, 0.2) is 0 Å². The average Bonchev–Trinajstić information content (AvgIpc) is 3.15. The first-order valence-corrected chi connectivity index (χ1v) is 9.12. The van der Waals surface area contributed by atoms with Crippen LogP contribution in [0.5, 0.6) is 0 Å². The van der Waals surface area contributed by atoms with E-state index < -0.39 is 0 Å². The Kier molecular flexibility index (Phi) is 4.32. The highest BCUT2D eigenvalue weighted by Gasteiger charge is 2.31. The van der Waals surface area contributed by atoms with Crippen molar-refractivity contribution in [1.82, 2.24) is 20.1 Å². The van der Waals surface area contributed by atoms with Crippen molar-refractivity contribution in [3.8, 4) is 5.69 Å². The van der Waals surface area contributed by atoms with Crippen LogP contribution < -0.4 is 5.32 Å². The Morgan fingerprint density at radius 1 is 1.12 bits per heavy atom. The molecule has 0 radical (unpaired) electrons. The highest BCUT2D eigenvalue weighted by Crippen LogP contribution is 2.39. The average molecular weight is 324 g/mol. The number of benzene rings is 1. The van der Waals surface area contributed by atoms with Gasteiger partial charge in [-0.3, -0.25) is 4.79 Å². The number of aromatic nitrogens is 3. The fraction of sp³-hybridized carbons (Fsp3) is 0.526. The Hall–Kier alpha value is -2.17. The minimum Gasteiger partial charge on any atom is -0.349 e. The molecule has 24 heavy (non-hydrogen) atoms. The normalized spacial score (nSPS) is 18.0. The van der Waals surface area contributed by atoms with Crippen molar-refractivity contribution >= 4 is 5.91 Å². The molecule has 1 N–H and O–H groups in total. The van der Waals surface area contributed by atoms with Crippen LogP contribution in [0.25, 0.3) is 5.69 Å². The number of carbonyl (C=O) groups excluding carboxylic acids is 1. The van der Waals surface area contributed by atoms with Gasteiger partial charge in [-0.05, 0) is 37.3 Å². The lowest BCUT2D eigenvalue weighted by molar-refractivity contribution is 0.0941. The molecule has 0 unspecified atom stereocenters. The SMILES string of the molecule is O=C(NCCC1CCCC1)c1nc(C2CC2)n(-c2ccccc2)n1. The minimum absolute atomic E-state index is 0.149. The van der Waals surface area contributed by atoms with Crippen molar-refractivity contribution in [1.29, 1.82) is 0 Å². The van der Waals surface area contributed by atoms with Gasteiger partial charge in [0.2, 0.25) is 5.82 Å². The number of hydrogen-bond donors (Lipinski definition) is 1. The third kappa shape index (κ3) is 3.35. The van der Waals surface area contributed by atoms with Gasteiger partial charge in [0.05, 0.1) is 5.69 Å². The number of para-hydroxylation sites is 1. The van der Waals surface area contributed by atoms with Crippen LogP contribution in [0, 0.1) is 5.92 Å². The van der Waals surface area contributed by atoms with Gasteiger partial charge in [0.25, 0.3) is 5.91 Å². The maximum Gasteiger partial charge on any atom is 0.290 e. The Bertz CT molecular complexity index is 699. The molecule has 2 aliphatic rings. The molecular weight excluding hydrogens is 300 g/mol. The minimum atomic E-state index is -0.149. The summed E-state index contributed by atoms with van der Waals surface area (Å²) >= 11 is 0. The van der Waals surface area contributed by atoms with Gasteiger partial charge in [-0.2, -0.15) is 0 Å². The van der Waals surface area contributed by atoms with E-state index in [0.29, 0.717) is 11.7 Å². The van der Waals surface area contributed by atoms with Crippen LogP contribution in [-0.4, -0.2) is 27.2 Å². The molecule has 0 atom stereocenters. The second kappa shape index (κ2) is 6.75. The zero-order chi connectivity index (χ0) is 16.4. The molecule has 1 aromatic carbocycles. The van der Waals surface area contributed by atoms with E-state index in [0.717, 1.165) is 43.2 Å². The van der Waals surface area contributed by atoms with E-state index in [1.807, 2.05) is 35.0 Å². The third-order valence-electron chi connectivity index (χ3n) is 5.09. The van der Waals surface area contributed by atoms with Gasteiger partial charge in [-0.15, -0.1) is 5.10 Å². The topological polar surface area (TPSA) is 59.8 Å². The summed E-state index contributed by atoms with van der Waals surface area (Å²) in [7, 11) is 0. The van der Waals surface area contributed by atoms with Crippen molar-refractivity contribution in [3.63, 3.8) is 0 Å². The molecule has 0 bridgehead atoms. The molecule has 126 valence electrons. The van der Waals surface area contributed by atoms with Gasteiger partial charge >= 0.3 is 0 Å². The second-order valence-corrected chi connectivity index (χ2v) is 7.01. The van der Waals surface area contributed by atoms with E-state index in [9.17, 15) is 4.79 Å². The molecule has 2 aliphatic carbocycles. The number of nitrogens with one attached hydrogen (secondary N) is 1. The largest absolute Gasteiger partial charge is 0.349 e. The maximum atomic E-state index is 12.4. The molecule has 1 amide bonds. The zero-order valence-electron chi connectivity index (χ0n) is 13.9. The fourth-order valence-corrected chi connectivity index (χ4v) is 3.55. The van der Waals surface area contributed by atoms with Gasteiger partial charge in [0.1, 0.15) is 5.82 Å². The Labute approximate surface area is 142 Å². The molecule has 4 rings (SSSR count). The van der Waals surface area contributed by atoms with Crippen LogP contribution in [0.2, 0.25) is 0 Å². The molecule has 5 nitrogen and oxygen atoms in total. The molecule has 2 aromatic rings. The Morgan fingerprint density at radius 3 is 2.58 bits per heavy atom. The van der Waals surface area contributed by atoms with Crippen LogP contribution in [0.15, 0.2) is 30.3 Å². The quantitative estimate of drug-likeness (QED) is 0.885. The summed E-state index contributed by atoms with van der Waals surface area (Å²) in [5.41, 5.74) is 0.969. The highest BCUT2D eigenvalue weighted by molar-refractivity contribution is 5.90. The van der Waals surface area contributed by atoms with Gasteiger partial charge in [-0.1, -0.05) is 43.9 Å². The van der Waals surface area contributed by atoms with Gasteiger partial charge in [-0.25, -0.2) is 9.67 Å². The highest BCUT2D eigenvalue weighted by atomic mass is 16.2. The van der Waals surface area contributed by atoms with Crippen molar-refractivity contribution in [2.45, 2.75) is 50.9 Å². The first-order valence-electron chi connectivity index (χ1n) is 9.12. The van der Waals surface area contributed by atoms with Crippen molar-refractivity contribution in [3.05, 3.63) is 42.0 Å². The summed E-state index contributed by atoms with van der Waals surface area (Å²) in [6.07, 6.45) is 8.63. The molecular formula is C19H24N4O. The monoisotopic (exact) mass is 324 g/mol. The van der Waals surface area contributed by atoms with Crippen molar-refractivity contribution in [2.75, 3.05) is 6.54 Å². The van der Waals surface area contributed by atoms with Crippen molar-refractivity contribution in [2.24, 2.45) is 5.92 Å². The molecule has 2 fully saturated rings. The van der Waals surface area contributed by atoms with Crippen molar-refractivity contribution < 1.29 is 4.79 Å². The molecule has 2 saturated carbocycles. The molecule has 1 heterocycles. The smallest absolute Gasteiger partial charge is 0.290 e. The number of nitrogens with zero attached hydrogens (tertiary/aromatic N) is 3. The van der Waals surface area contributed by atoms with E-state index in [4.69, 9.17) is 0 Å². The van der Waals surface area contributed by atoms with E-state index in [2.05, 4.69) is 15.4 Å². The lowest BCUT2D eigenvalue weighted by atomic mass is 10.0. The summed E-state index contributed by atoms with van der Waals surface area (Å²) in [4.78, 5) is 16.9. The zero-order valence-corrected chi connectivity index (χ0v) is 13.9. The molecule has 0 saturated heterocycles.